The van der Waals surface area contributed by atoms with E-state index in [0.29, 0.717) is 6.61 Å². The summed E-state index contributed by atoms with van der Waals surface area (Å²) < 4.78 is 5.10. The van der Waals surface area contributed by atoms with Gasteiger partial charge in [0.2, 0.25) is 0 Å². The molecule has 17 heavy (non-hydrogen) atoms. The number of fused-ring (bicyclic) bond motifs is 1. The number of aliphatic carboxylic acids is 1. The zero-order valence-electron chi connectivity index (χ0n) is 10.1. The van der Waals surface area contributed by atoms with Crippen LogP contribution < -0.4 is 4.90 Å². The molecule has 0 unspecified atom stereocenters. The first kappa shape index (κ1) is 11.9. The molecule has 1 atom stereocenters. The van der Waals surface area contributed by atoms with Gasteiger partial charge in [-0.25, -0.2) is 4.79 Å². The molecule has 1 heterocycles. The third-order valence-electron chi connectivity index (χ3n) is 3.22. The van der Waals surface area contributed by atoms with Crippen molar-refractivity contribution in [3.63, 3.8) is 0 Å². The fourth-order valence-electron chi connectivity index (χ4n) is 2.24. The molecule has 1 aromatic carbocycles. The number of carbonyl (C=O) groups is 1. The van der Waals surface area contributed by atoms with Gasteiger partial charge in [0.15, 0.2) is 0 Å². The SMILES string of the molecule is COCc1ccc2c(c1)N([C@@H](C)C(=O)O)CC2. The van der Waals surface area contributed by atoms with Crippen LogP contribution in [0, 0.1) is 0 Å². The molecule has 0 saturated heterocycles. The van der Waals surface area contributed by atoms with Crippen molar-refractivity contribution in [2.24, 2.45) is 0 Å². The standard InChI is InChI=1S/C13H17NO3/c1-9(13(15)16)14-6-5-11-4-3-10(8-17-2)7-12(11)14/h3-4,7,9H,5-6,8H2,1-2H3,(H,15,16)/t9-/m0/s1. The van der Waals surface area contributed by atoms with Crippen LogP contribution in [0.4, 0.5) is 5.69 Å². The van der Waals surface area contributed by atoms with Crippen molar-refractivity contribution in [1.29, 1.82) is 0 Å². The van der Waals surface area contributed by atoms with Crippen LogP contribution in [-0.2, 0) is 22.6 Å². The van der Waals surface area contributed by atoms with Gasteiger partial charge in [-0.3, -0.25) is 0 Å². The van der Waals surface area contributed by atoms with Crippen molar-refractivity contribution < 1.29 is 14.6 Å². The number of hydrogen-bond acceptors (Lipinski definition) is 3. The molecule has 0 aliphatic carbocycles. The van der Waals surface area contributed by atoms with E-state index in [1.54, 1.807) is 14.0 Å². The van der Waals surface area contributed by atoms with E-state index in [4.69, 9.17) is 9.84 Å². The Morgan fingerprint density at radius 3 is 3.00 bits per heavy atom. The van der Waals surface area contributed by atoms with E-state index in [-0.39, 0.29) is 0 Å². The number of rotatable bonds is 4. The van der Waals surface area contributed by atoms with E-state index in [0.717, 1.165) is 24.2 Å². The van der Waals surface area contributed by atoms with E-state index in [1.807, 2.05) is 17.0 Å². The van der Waals surface area contributed by atoms with Crippen LogP contribution in [0.5, 0.6) is 0 Å². The predicted molar refractivity (Wildman–Crippen MR) is 65.3 cm³/mol. The minimum absolute atomic E-state index is 0.478. The minimum Gasteiger partial charge on any atom is -0.480 e. The smallest absolute Gasteiger partial charge is 0.326 e. The van der Waals surface area contributed by atoms with E-state index in [1.165, 1.54) is 5.56 Å². The van der Waals surface area contributed by atoms with Crippen LogP contribution in [0.15, 0.2) is 18.2 Å². The largest absolute Gasteiger partial charge is 0.480 e. The quantitative estimate of drug-likeness (QED) is 0.862. The molecular weight excluding hydrogens is 218 g/mol. The van der Waals surface area contributed by atoms with Gasteiger partial charge in [-0.05, 0) is 30.5 Å². The Balaban J connectivity index is 2.29. The van der Waals surface area contributed by atoms with Crippen LogP contribution in [0.25, 0.3) is 0 Å². The second-order valence-corrected chi connectivity index (χ2v) is 4.35. The fourth-order valence-corrected chi connectivity index (χ4v) is 2.24. The summed E-state index contributed by atoms with van der Waals surface area (Å²) in [6, 6.07) is 5.66. The highest BCUT2D eigenvalue weighted by Gasteiger charge is 2.27. The first-order valence-electron chi connectivity index (χ1n) is 5.73. The van der Waals surface area contributed by atoms with Crippen molar-refractivity contribution in [1.82, 2.24) is 0 Å². The molecule has 1 N–H and O–H groups in total. The fraction of sp³-hybridized carbons (Fsp3) is 0.462. The maximum atomic E-state index is 11.0. The Kier molecular flexibility index (Phi) is 3.33. The second-order valence-electron chi connectivity index (χ2n) is 4.35. The Bertz CT molecular complexity index is 431. The Labute approximate surface area is 101 Å². The lowest BCUT2D eigenvalue weighted by Gasteiger charge is -2.24. The van der Waals surface area contributed by atoms with Crippen molar-refractivity contribution in [3.05, 3.63) is 29.3 Å². The van der Waals surface area contributed by atoms with Crippen molar-refractivity contribution in [3.8, 4) is 0 Å². The molecule has 1 aliphatic rings. The van der Waals surface area contributed by atoms with Gasteiger partial charge >= 0.3 is 5.97 Å². The number of anilines is 1. The molecular formula is C13H17NO3. The summed E-state index contributed by atoms with van der Waals surface area (Å²) >= 11 is 0. The number of nitrogens with zero attached hydrogens (tertiary/aromatic N) is 1. The maximum absolute atomic E-state index is 11.0. The Hall–Kier alpha value is -1.55. The summed E-state index contributed by atoms with van der Waals surface area (Å²) in [5.41, 5.74) is 3.34. The molecule has 0 fully saturated rings. The highest BCUT2D eigenvalue weighted by molar-refractivity contribution is 5.79. The second kappa shape index (κ2) is 4.75. The first-order chi connectivity index (χ1) is 8.13. The summed E-state index contributed by atoms with van der Waals surface area (Å²) in [5.74, 6) is -0.782. The molecule has 0 amide bonds. The lowest BCUT2D eigenvalue weighted by atomic mass is 10.1. The Morgan fingerprint density at radius 2 is 2.35 bits per heavy atom. The first-order valence-corrected chi connectivity index (χ1v) is 5.73. The average Bonchev–Trinajstić information content (AvgIpc) is 2.71. The van der Waals surface area contributed by atoms with Gasteiger partial charge in [-0.15, -0.1) is 0 Å². The third-order valence-corrected chi connectivity index (χ3v) is 3.22. The summed E-state index contributed by atoms with van der Waals surface area (Å²) in [4.78, 5) is 13.0. The number of carboxylic acid groups (broad SMARTS) is 1. The molecule has 0 bridgehead atoms. The molecule has 1 aromatic rings. The molecule has 2 rings (SSSR count). The summed E-state index contributed by atoms with van der Waals surface area (Å²) in [5, 5.41) is 9.07. The minimum atomic E-state index is -0.782. The zero-order chi connectivity index (χ0) is 12.4. The number of hydrogen-bond donors (Lipinski definition) is 1. The van der Waals surface area contributed by atoms with Crippen LogP contribution in [-0.4, -0.2) is 30.8 Å². The van der Waals surface area contributed by atoms with Gasteiger partial charge in [-0.1, -0.05) is 12.1 Å². The third kappa shape index (κ3) is 2.26. The predicted octanol–water partition coefficient (Wildman–Crippen LogP) is 1.67. The maximum Gasteiger partial charge on any atom is 0.326 e. The van der Waals surface area contributed by atoms with Crippen molar-refractivity contribution in [2.45, 2.75) is 26.0 Å². The monoisotopic (exact) mass is 235 g/mol. The normalized spacial score (nSPS) is 15.8. The summed E-state index contributed by atoms with van der Waals surface area (Å²) in [6.07, 6.45) is 0.917. The van der Waals surface area contributed by atoms with Gasteiger partial charge < -0.3 is 14.7 Å². The molecule has 92 valence electrons. The van der Waals surface area contributed by atoms with Gasteiger partial charge in [0, 0.05) is 19.3 Å². The van der Waals surface area contributed by atoms with E-state index in [2.05, 4.69) is 6.07 Å². The number of ether oxygens (including phenoxy) is 1. The average molecular weight is 235 g/mol. The molecule has 0 spiro atoms. The lowest BCUT2D eigenvalue weighted by molar-refractivity contribution is -0.138. The topological polar surface area (TPSA) is 49.8 Å². The highest BCUT2D eigenvalue weighted by Crippen LogP contribution is 2.30. The Morgan fingerprint density at radius 1 is 1.59 bits per heavy atom. The van der Waals surface area contributed by atoms with E-state index >= 15 is 0 Å². The number of benzene rings is 1. The number of methoxy groups -OCH3 is 1. The molecule has 0 radical (unpaired) electrons. The van der Waals surface area contributed by atoms with E-state index < -0.39 is 12.0 Å². The van der Waals surface area contributed by atoms with Gasteiger partial charge in [-0.2, -0.15) is 0 Å². The molecule has 1 aliphatic heterocycles. The van der Waals surface area contributed by atoms with Gasteiger partial charge in [0.1, 0.15) is 6.04 Å². The number of carboxylic acids is 1. The van der Waals surface area contributed by atoms with Crippen LogP contribution >= 0.6 is 0 Å². The molecule has 4 nitrogen and oxygen atoms in total. The summed E-state index contributed by atoms with van der Waals surface area (Å²) in [7, 11) is 1.66. The van der Waals surface area contributed by atoms with Crippen LogP contribution in [0.1, 0.15) is 18.1 Å². The molecule has 0 saturated carbocycles. The van der Waals surface area contributed by atoms with Gasteiger partial charge in [0.25, 0.3) is 0 Å². The van der Waals surface area contributed by atoms with Crippen LogP contribution in [0.2, 0.25) is 0 Å². The highest BCUT2D eigenvalue weighted by atomic mass is 16.5. The van der Waals surface area contributed by atoms with Crippen molar-refractivity contribution >= 4 is 11.7 Å². The van der Waals surface area contributed by atoms with Crippen LogP contribution in [0.3, 0.4) is 0 Å². The van der Waals surface area contributed by atoms with Crippen molar-refractivity contribution in [2.75, 3.05) is 18.6 Å². The molecule has 4 heteroatoms. The molecule has 0 aromatic heterocycles. The van der Waals surface area contributed by atoms with E-state index in [9.17, 15) is 4.79 Å². The summed E-state index contributed by atoms with van der Waals surface area (Å²) in [6.45, 7) is 3.06. The van der Waals surface area contributed by atoms with Gasteiger partial charge in [0.05, 0.1) is 6.61 Å². The lowest BCUT2D eigenvalue weighted by Crippen LogP contribution is -2.37. The zero-order valence-corrected chi connectivity index (χ0v) is 10.1.